The van der Waals surface area contributed by atoms with Crippen molar-refractivity contribution in [3.05, 3.63) is 23.3 Å². The largest absolute Gasteiger partial charge is 0.593 e. The summed E-state index contributed by atoms with van der Waals surface area (Å²) in [5.41, 5.74) is 0.457. The summed E-state index contributed by atoms with van der Waals surface area (Å²) in [4.78, 5) is 2.42. The molecule has 0 radical (unpaired) electrons. The van der Waals surface area contributed by atoms with E-state index in [-0.39, 0.29) is 5.13 Å². The topological polar surface area (TPSA) is 106 Å². The first-order chi connectivity index (χ1) is 15.4. The van der Waals surface area contributed by atoms with Crippen molar-refractivity contribution in [3.63, 3.8) is 0 Å². The number of aromatic nitrogens is 4. The second-order valence-electron chi connectivity index (χ2n) is 7.88. The van der Waals surface area contributed by atoms with Crippen LogP contribution in [0.2, 0.25) is 0 Å². The number of rotatable bonds is 6. The molecule has 3 aromatic rings. The smallest absolute Gasteiger partial charge is 0.291 e. The lowest BCUT2D eigenvalue weighted by Crippen LogP contribution is -2.36. The summed E-state index contributed by atoms with van der Waals surface area (Å²) in [5, 5.41) is 21.5. The second-order valence-corrected chi connectivity index (χ2v) is 10.1. The molecule has 1 saturated heterocycles. The summed E-state index contributed by atoms with van der Waals surface area (Å²) in [6.45, 7) is 0.975. The van der Waals surface area contributed by atoms with Gasteiger partial charge >= 0.3 is 0 Å². The molecule has 0 spiro atoms. The van der Waals surface area contributed by atoms with E-state index in [0.717, 1.165) is 17.0 Å². The monoisotopic (exact) mass is 481 g/mol. The number of piperidine rings is 1. The number of benzene rings is 1. The first kappa shape index (κ1) is 21.4. The number of nitriles is 1. The van der Waals surface area contributed by atoms with E-state index in [0.29, 0.717) is 54.6 Å². The van der Waals surface area contributed by atoms with Gasteiger partial charge in [0, 0.05) is 30.6 Å². The zero-order chi connectivity index (χ0) is 22.5. The van der Waals surface area contributed by atoms with E-state index in [1.165, 1.54) is 4.68 Å². The third-order valence-corrected chi connectivity index (χ3v) is 7.82. The Labute approximate surface area is 188 Å². The molecule has 3 heterocycles. The highest BCUT2D eigenvalue weighted by molar-refractivity contribution is 7.89. The Morgan fingerprint density at radius 2 is 2.03 bits per heavy atom. The Balaban J connectivity index is 1.59. The predicted octanol–water partition coefficient (Wildman–Crippen LogP) is 3.42. The van der Waals surface area contributed by atoms with Crippen LogP contribution in [-0.2, 0) is 11.4 Å². The molecule has 1 aliphatic heterocycles. The van der Waals surface area contributed by atoms with E-state index in [2.05, 4.69) is 26.1 Å². The number of nitrogens with zero attached hydrogens (tertiary/aromatic N) is 6. The molecule has 168 valence electrons. The van der Waals surface area contributed by atoms with Gasteiger partial charge in [-0.1, -0.05) is 11.3 Å². The van der Waals surface area contributed by atoms with Crippen LogP contribution in [0.4, 0.5) is 18.9 Å². The van der Waals surface area contributed by atoms with Crippen LogP contribution < -0.4 is 9.62 Å². The molecule has 5 rings (SSSR count). The van der Waals surface area contributed by atoms with Gasteiger partial charge in [-0.2, -0.15) is 10.4 Å². The fourth-order valence-corrected chi connectivity index (χ4v) is 5.52. The van der Waals surface area contributed by atoms with Crippen LogP contribution in [0.3, 0.4) is 0 Å². The SMILES string of the molecule is N#CC1(N[S+]([O-])c2cc(N3CCC(F)CC3)c3cnn(-c4nnc(C(F)F)s4)c3c2)CC1. The molecular formula is C19H18F3N7OS2. The van der Waals surface area contributed by atoms with Crippen LogP contribution in [0.15, 0.2) is 23.2 Å². The lowest BCUT2D eigenvalue weighted by Gasteiger charge is -2.31. The van der Waals surface area contributed by atoms with Gasteiger partial charge in [-0.15, -0.1) is 14.9 Å². The number of alkyl halides is 3. The fourth-order valence-electron chi connectivity index (χ4n) is 3.69. The van der Waals surface area contributed by atoms with Gasteiger partial charge in [0.15, 0.2) is 9.90 Å². The second kappa shape index (κ2) is 8.18. The summed E-state index contributed by atoms with van der Waals surface area (Å²) in [6, 6.07) is 5.56. The van der Waals surface area contributed by atoms with Gasteiger partial charge in [-0.3, -0.25) is 0 Å². The maximum atomic E-state index is 13.7. The van der Waals surface area contributed by atoms with Crippen molar-refractivity contribution in [2.75, 3.05) is 18.0 Å². The average molecular weight is 482 g/mol. The van der Waals surface area contributed by atoms with Crippen molar-refractivity contribution >= 4 is 39.3 Å². The minimum absolute atomic E-state index is 0.162. The highest BCUT2D eigenvalue weighted by atomic mass is 32.2. The number of nitrogens with one attached hydrogen (secondary N) is 1. The Kier molecular flexibility index (Phi) is 5.48. The summed E-state index contributed by atoms with van der Waals surface area (Å²) in [7, 11) is 0. The molecule has 2 aromatic heterocycles. The van der Waals surface area contributed by atoms with Crippen LogP contribution in [0.5, 0.6) is 0 Å². The molecule has 1 saturated carbocycles. The van der Waals surface area contributed by atoms with E-state index in [1.807, 2.05) is 4.90 Å². The molecule has 1 aromatic carbocycles. The number of hydrogen-bond acceptors (Lipinski definition) is 8. The van der Waals surface area contributed by atoms with Crippen molar-refractivity contribution in [2.24, 2.45) is 0 Å². The molecule has 1 N–H and O–H groups in total. The summed E-state index contributed by atoms with van der Waals surface area (Å²) in [6.07, 6.45) is -0.00896. The summed E-state index contributed by atoms with van der Waals surface area (Å²) in [5.74, 6) is 0. The lowest BCUT2D eigenvalue weighted by molar-refractivity contribution is 0.150. The molecule has 0 amide bonds. The molecule has 1 unspecified atom stereocenters. The van der Waals surface area contributed by atoms with Gasteiger partial charge in [0.1, 0.15) is 11.7 Å². The van der Waals surface area contributed by atoms with Crippen LogP contribution >= 0.6 is 11.3 Å². The Bertz CT molecular complexity index is 1180. The summed E-state index contributed by atoms with van der Waals surface area (Å²) < 4.78 is 57.1. The first-order valence-corrected chi connectivity index (χ1v) is 12.0. The third-order valence-electron chi connectivity index (χ3n) is 5.67. The minimum atomic E-state index is -2.74. The molecule has 32 heavy (non-hydrogen) atoms. The molecule has 0 bridgehead atoms. The third kappa shape index (κ3) is 3.92. The highest BCUT2D eigenvalue weighted by Crippen LogP contribution is 2.38. The number of fused-ring (bicyclic) bond motifs is 1. The molecule has 13 heteroatoms. The molecule has 8 nitrogen and oxygen atoms in total. The van der Waals surface area contributed by atoms with Crippen molar-refractivity contribution in [1.29, 1.82) is 5.26 Å². The molecule has 1 aliphatic carbocycles. The number of anilines is 1. The lowest BCUT2D eigenvalue weighted by atomic mass is 10.1. The van der Waals surface area contributed by atoms with Crippen LogP contribution in [0.25, 0.3) is 16.0 Å². The molecular weight excluding hydrogens is 463 g/mol. The maximum Gasteiger partial charge on any atom is 0.291 e. The van der Waals surface area contributed by atoms with E-state index in [4.69, 9.17) is 0 Å². The van der Waals surface area contributed by atoms with E-state index in [9.17, 15) is 23.0 Å². The van der Waals surface area contributed by atoms with Crippen molar-refractivity contribution in [2.45, 2.75) is 48.7 Å². The predicted molar refractivity (Wildman–Crippen MR) is 113 cm³/mol. The number of halogens is 3. The van der Waals surface area contributed by atoms with Gasteiger partial charge in [0.2, 0.25) is 5.13 Å². The van der Waals surface area contributed by atoms with Gasteiger partial charge < -0.3 is 9.45 Å². The standard InChI is InChI=1S/C19H18F3N7OS2/c20-11-1-5-28(6-2-11)14-7-12(32(30)27-19(10-23)3-4-19)8-15-13(14)9-24-29(15)18-26-25-17(31-18)16(21)22/h7-9,11,16,27H,1-6H2. The van der Waals surface area contributed by atoms with Crippen LogP contribution in [0, 0.1) is 11.3 Å². The minimum Gasteiger partial charge on any atom is -0.593 e. The van der Waals surface area contributed by atoms with E-state index < -0.39 is 34.5 Å². The normalized spacial score (nSPS) is 19.4. The summed E-state index contributed by atoms with van der Waals surface area (Å²) >= 11 is -0.962. The molecule has 2 fully saturated rings. The Morgan fingerprint density at radius 1 is 1.28 bits per heavy atom. The van der Waals surface area contributed by atoms with E-state index >= 15 is 0 Å². The number of hydrogen-bond donors (Lipinski definition) is 1. The Morgan fingerprint density at radius 3 is 2.66 bits per heavy atom. The van der Waals surface area contributed by atoms with Crippen LogP contribution in [-0.4, -0.2) is 49.3 Å². The van der Waals surface area contributed by atoms with Crippen molar-refractivity contribution in [3.8, 4) is 11.2 Å². The Hall–Kier alpha value is -2.40. The first-order valence-electron chi connectivity index (χ1n) is 10.0. The van der Waals surface area contributed by atoms with Crippen molar-refractivity contribution in [1.82, 2.24) is 24.7 Å². The van der Waals surface area contributed by atoms with E-state index in [1.54, 1.807) is 18.3 Å². The van der Waals surface area contributed by atoms with Crippen LogP contribution in [0.1, 0.15) is 37.1 Å². The van der Waals surface area contributed by atoms with Gasteiger partial charge in [0.05, 0.1) is 34.8 Å². The molecule has 2 aliphatic rings. The zero-order valence-electron chi connectivity index (χ0n) is 16.7. The van der Waals surface area contributed by atoms with Gasteiger partial charge in [-0.25, -0.2) is 17.9 Å². The quantitative estimate of drug-likeness (QED) is 0.538. The maximum absolute atomic E-state index is 13.7. The van der Waals surface area contributed by atoms with Crippen molar-refractivity contribution < 1.29 is 17.7 Å². The highest BCUT2D eigenvalue weighted by Gasteiger charge is 2.48. The zero-order valence-corrected chi connectivity index (χ0v) is 18.3. The molecule has 1 atom stereocenters. The average Bonchev–Trinajstić information content (AvgIpc) is 3.19. The van der Waals surface area contributed by atoms with Gasteiger partial charge in [-0.05, 0) is 25.7 Å². The fraction of sp³-hybridized carbons (Fsp3) is 0.474. The van der Waals surface area contributed by atoms with Gasteiger partial charge in [0.25, 0.3) is 6.43 Å².